The highest BCUT2D eigenvalue weighted by Gasteiger charge is 2.30. The molecule has 0 radical (unpaired) electrons. The quantitative estimate of drug-likeness (QED) is 0.0508. The molecule has 0 aliphatic heterocycles. The van der Waals surface area contributed by atoms with E-state index in [0.717, 1.165) is 5.56 Å². The van der Waals surface area contributed by atoms with E-state index in [0.29, 0.717) is 31.5 Å². The number of amides is 3. The van der Waals surface area contributed by atoms with E-state index in [2.05, 4.69) is 30.9 Å². The second-order valence-corrected chi connectivity index (χ2v) is 9.83. The molecule has 2 aromatic rings. The first kappa shape index (κ1) is 33.7. The van der Waals surface area contributed by atoms with Crippen LogP contribution in [0.4, 0.5) is 0 Å². The Labute approximate surface area is 244 Å². The van der Waals surface area contributed by atoms with Crippen molar-refractivity contribution in [2.75, 3.05) is 13.1 Å². The van der Waals surface area contributed by atoms with E-state index in [-0.39, 0.29) is 38.2 Å². The van der Waals surface area contributed by atoms with Gasteiger partial charge in [0.2, 0.25) is 17.7 Å². The third-order valence-electron chi connectivity index (χ3n) is 6.39. The third-order valence-corrected chi connectivity index (χ3v) is 6.39. The van der Waals surface area contributed by atoms with E-state index in [1.54, 1.807) is 0 Å². The maximum atomic E-state index is 13.5. The van der Waals surface area contributed by atoms with E-state index < -0.39 is 47.9 Å². The summed E-state index contributed by atoms with van der Waals surface area (Å²) < 4.78 is 0. The van der Waals surface area contributed by atoms with Crippen molar-refractivity contribution in [2.45, 2.75) is 69.1 Å². The molecule has 0 aliphatic carbocycles. The minimum absolute atomic E-state index is 0.0365. The molecule has 0 saturated heterocycles. The summed E-state index contributed by atoms with van der Waals surface area (Å²) in [7, 11) is 0. The molecule has 0 saturated carbocycles. The molecule has 15 nitrogen and oxygen atoms in total. The van der Waals surface area contributed by atoms with Gasteiger partial charge in [0.05, 0.1) is 12.4 Å². The van der Waals surface area contributed by atoms with Gasteiger partial charge in [-0.2, -0.15) is 0 Å². The predicted molar refractivity (Wildman–Crippen MR) is 157 cm³/mol. The molecule has 4 unspecified atom stereocenters. The molecular weight excluding hydrogens is 544 g/mol. The van der Waals surface area contributed by atoms with Crippen molar-refractivity contribution < 1.29 is 24.3 Å². The SMILES string of the molecule is NCCCCC(NC(=O)C(CCCN=C(N)N)NC(=O)C(Cc1cnc[nH]1)NC(=O)C(N)Cc1ccccc1)C(=O)O. The van der Waals surface area contributed by atoms with Crippen LogP contribution in [-0.4, -0.2) is 82.0 Å². The van der Waals surface area contributed by atoms with E-state index in [1.807, 2.05) is 30.3 Å². The number of aliphatic carboxylic acids is 1. The average molecular weight is 587 g/mol. The van der Waals surface area contributed by atoms with E-state index in [4.69, 9.17) is 22.9 Å². The molecule has 13 N–H and O–H groups in total. The van der Waals surface area contributed by atoms with Gasteiger partial charge in [0.15, 0.2) is 5.96 Å². The largest absolute Gasteiger partial charge is 0.480 e. The second kappa shape index (κ2) is 18.0. The van der Waals surface area contributed by atoms with Crippen LogP contribution in [0, 0.1) is 0 Å². The molecule has 0 fully saturated rings. The zero-order chi connectivity index (χ0) is 30.9. The molecule has 3 amide bonds. The highest BCUT2D eigenvalue weighted by molar-refractivity contribution is 5.94. The minimum Gasteiger partial charge on any atom is -0.480 e. The number of H-pyrrole nitrogens is 1. The fraction of sp³-hybridized carbons (Fsp3) is 0.481. The second-order valence-electron chi connectivity index (χ2n) is 9.83. The molecule has 1 aromatic heterocycles. The van der Waals surface area contributed by atoms with Crippen LogP contribution in [0.1, 0.15) is 43.4 Å². The fourth-order valence-electron chi connectivity index (χ4n) is 4.13. The number of carboxylic acid groups (broad SMARTS) is 1. The number of imidazole rings is 1. The lowest BCUT2D eigenvalue weighted by Gasteiger charge is -2.25. The van der Waals surface area contributed by atoms with Crippen LogP contribution < -0.4 is 38.9 Å². The minimum atomic E-state index is -1.21. The number of rotatable bonds is 19. The number of carbonyl (C=O) groups excluding carboxylic acids is 3. The van der Waals surface area contributed by atoms with E-state index in [1.165, 1.54) is 12.5 Å². The topological polar surface area (TPSA) is 270 Å². The van der Waals surface area contributed by atoms with Gasteiger partial charge in [0, 0.05) is 24.9 Å². The molecule has 15 heteroatoms. The van der Waals surface area contributed by atoms with Gasteiger partial charge >= 0.3 is 5.97 Å². The summed E-state index contributed by atoms with van der Waals surface area (Å²) in [5.41, 5.74) is 23.8. The summed E-state index contributed by atoms with van der Waals surface area (Å²) in [6.07, 6.45) is 4.90. The Balaban J connectivity index is 2.19. The summed E-state index contributed by atoms with van der Waals surface area (Å²) in [5, 5.41) is 17.4. The number of benzene rings is 1. The van der Waals surface area contributed by atoms with Gasteiger partial charge < -0.3 is 49.0 Å². The van der Waals surface area contributed by atoms with E-state index >= 15 is 0 Å². The molecule has 0 spiro atoms. The van der Waals surface area contributed by atoms with Crippen molar-refractivity contribution in [3.8, 4) is 0 Å². The molecular formula is C27H42N10O5. The van der Waals surface area contributed by atoms with Gasteiger partial charge in [-0.05, 0) is 50.6 Å². The number of carboxylic acids is 1. The fourth-order valence-corrected chi connectivity index (χ4v) is 4.13. The van der Waals surface area contributed by atoms with Crippen LogP contribution in [0.15, 0.2) is 47.8 Å². The number of hydrogen-bond donors (Lipinski definition) is 9. The molecule has 1 aromatic carbocycles. The van der Waals surface area contributed by atoms with Crippen molar-refractivity contribution >= 4 is 29.7 Å². The number of aromatic amines is 1. The van der Waals surface area contributed by atoms with Gasteiger partial charge in [-0.3, -0.25) is 19.4 Å². The number of nitrogens with zero attached hydrogens (tertiary/aromatic N) is 2. The molecule has 1 heterocycles. The molecule has 0 aliphatic rings. The number of guanidine groups is 1. The van der Waals surface area contributed by atoms with E-state index in [9.17, 15) is 24.3 Å². The number of unbranched alkanes of at least 4 members (excludes halogenated alkanes) is 1. The van der Waals surface area contributed by atoms with Gasteiger partial charge in [-0.1, -0.05) is 30.3 Å². The van der Waals surface area contributed by atoms with Crippen LogP contribution in [0.3, 0.4) is 0 Å². The zero-order valence-electron chi connectivity index (χ0n) is 23.5. The van der Waals surface area contributed by atoms with Crippen molar-refractivity contribution in [2.24, 2.45) is 27.9 Å². The summed E-state index contributed by atoms with van der Waals surface area (Å²) in [6, 6.07) is 4.84. The first-order valence-corrected chi connectivity index (χ1v) is 13.8. The Morgan fingerprint density at radius 3 is 2.14 bits per heavy atom. The van der Waals surface area contributed by atoms with Crippen molar-refractivity contribution in [3.63, 3.8) is 0 Å². The first-order chi connectivity index (χ1) is 20.1. The number of carbonyl (C=O) groups is 4. The summed E-state index contributed by atoms with van der Waals surface area (Å²) in [6.45, 7) is 0.575. The Morgan fingerprint density at radius 1 is 0.881 bits per heavy atom. The van der Waals surface area contributed by atoms with Gasteiger partial charge in [0.1, 0.15) is 18.1 Å². The highest BCUT2D eigenvalue weighted by atomic mass is 16.4. The standard InChI is InChI=1S/C27H42N10O5/c28-11-5-4-9-21(26(41)42)36-24(39)20(10-6-12-33-27(30)31)35-25(40)22(14-18-15-32-16-34-18)37-23(38)19(29)13-17-7-2-1-3-8-17/h1-3,7-8,15-16,19-22H,4-6,9-14,28-29H2,(H,32,34)(H,35,40)(H,36,39)(H,37,38)(H,41,42)(H4,30,31,33). The predicted octanol–water partition coefficient (Wildman–Crippen LogP) is -1.76. The first-order valence-electron chi connectivity index (χ1n) is 13.8. The highest BCUT2D eigenvalue weighted by Crippen LogP contribution is 2.07. The molecule has 4 atom stereocenters. The van der Waals surface area contributed by atoms with Crippen molar-refractivity contribution in [1.29, 1.82) is 0 Å². The van der Waals surface area contributed by atoms with Gasteiger partial charge in [-0.15, -0.1) is 0 Å². The number of nitrogens with two attached hydrogens (primary N) is 4. The summed E-state index contributed by atoms with van der Waals surface area (Å²) in [4.78, 5) is 62.2. The molecule has 42 heavy (non-hydrogen) atoms. The number of hydrogen-bond acceptors (Lipinski definition) is 8. The van der Waals surface area contributed by atoms with Crippen LogP contribution in [0.2, 0.25) is 0 Å². The Morgan fingerprint density at radius 2 is 1.52 bits per heavy atom. The zero-order valence-corrected chi connectivity index (χ0v) is 23.5. The summed E-state index contributed by atoms with van der Waals surface area (Å²) in [5.74, 6) is -3.25. The maximum Gasteiger partial charge on any atom is 0.326 e. The van der Waals surface area contributed by atoms with Crippen LogP contribution in [-0.2, 0) is 32.0 Å². The molecule has 230 valence electrons. The van der Waals surface area contributed by atoms with Crippen molar-refractivity contribution in [1.82, 2.24) is 25.9 Å². The van der Waals surface area contributed by atoms with Crippen molar-refractivity contribution in [3.05, 3.63) is 54.1 Å². The van der Waals surface area contributed by atoms with Crippen LogP contribution >= 0.6 is 0 Å². The number of aliphatic imine (C=N–C) groups is 1. The normalized spacial score (nSPS) is 13.7. The Bertz CT molecular complexity index is 1160. The smallest absolute Gasteiger partial charge is 0.326 e. The lowest BCUT2D eigenvalue weighted by atomic mass is 10.0. The number of nitrogens with one attached hydrogen (secondary N) is 4. The monoisotopic (exact) mass is 586 g/mol. The summed E-state index contributed by atoms with van der Waals surface area (Å²) >= 11 is 0. The molecule has 0 bridgehead atoms. The Kier molecular flexibility index (Phi) is 14.5. The Hall–Kier alpha value is -4.50. The lowest BCUT2D eigenvalue weighted by molar-refractivity contribution is -0.142. The average Bonchev–Trinajstić information content (AvgIpc) is 3.47. The van der Waals surface area contributed by atoms with Crippen LogP contribution in [0.5, 0.6) is 0 Å². The van der Waals surface area contributed by atoms with Crippen LogP contribution in [0.25, 0.3) is 0 Å². The third kappa shape index (κ3) is 12.3. The number of aromatic nitrogens is 2. The lowest BCUT2D eigenvalue weighted by Crippen LogP contribution is -2.57. The van der Waals surface area contributed by atoms with Gasteiger partial charge in [-0.25, -0.2) is 9.78 Å². The maximum absolute atomic E-state index is 13.5. The van der Waals surface area contributed by atoms with Gasteiger partial charge in [0.25, 0.3) is 0 Å². The molecule has 2 rings (SSSR count).